The molecular formula is C21H23FN2O7S. The normalized spacial score (nSPS) is 12.2. The SMILES string of the molecule is COC(=O)c1ccc(NC(=O)COC(=O)[C@@H](NS(=O)(=O)c2ccccc2F)C(C)C)cc1. The number of carbonyl (C=O) groups excluding carboxylic acids is 3. The standard InChI is InChI=1S/C21H23FN2O7S/c1-13(2)19(24-32(28,29)17-7-5-4-6-16(17)22)21(27)31-12-18(25)23-15-10-8-14(9-11-15)20(26)30-3/h4-11,13,19,24H,12H2,1-3H3,(H,23,25)/t19-/m0/s1. The average Bonchev–Trinajstić information content (AvgIpc) is 2.75. The number of hydrogen-bond donors (Lipinski definition) is 2. The van der Waals surface area contributed by atoms with Crippen molar-refractivity contribution in [2.75, 3.05) is 19.0 Å². The van der Waals surface area contributed by atoms with E-state index in [4.69, 9.17) is 4.74 Å². The fourth-order valence-corrected chi connectivity index (χ4v) is 3.99. The third-order valence-corrected chi connectivity index (χ3v) is 5.74. The smallest absolute Gasteiger partial charge is 0.337 e. The summed E-state index contributed by atoms with van der Waals surface area (Å²) < 4.78 is 50.5. The molecule has 9 nitrogen and oxygen atoms in total. The third kappa shape index (κ3) is 6.59. The first-order valence-corrected chi connectivity index (χ1v) is 10.9. The van der Waals surface area contributed by atoms with Gasteiger partial charge in [0.2, 0.25) is 10.0 Å². The Labute approximate surface area is 185 Å². The Morgan fingerprint density at radius 3 is 2.22 bits per heavy atom. The van der Waals surface area contributed by atoms with Crippen molar-refractivity contribution in [3.05, 3.63) is 59.9 Å². The number of rotatable bonds is 9. The molecule has 0 heterocycles. The van der Waals surface area contributed by atoms with Crippen LogP contribution in [0.2, 0.25) is 0 Å². The second kappa shape index (κ2) is 10.8. The van der Waals surface area contributed by atoms with E-state index in [9.17, 15) is 27.2 Å². The Morgan fingerprint density at radius 2 is 1.66 bits per heavy atom. The van der Waals surface area contributed by atoms with Crippen molar-refractivity contribution >= 4 is 33.6 Å². The molecule has 0 aliphatic carbocycles. The largest absolute Gasteiger partial charge is 0.465 e. The number of nitrogens with one attached hydrogen (secondary N) is 2. The molecule has 0 unspecified atom stereocenters. The maximum Gasteiger partial charge on any atom is 0.337 e. The molecule has 2 rings (SSSR count). The van der Waals surface area contributed by atoms with Crippen molar-refractivity contribution in [1.82, 2.24) is 4.72 Å². The number of ether oxygens (including phenoxy) is 2. The number of benzene rings is 2. The van der Waals surface area contributed by atoms with Crippen LogP contribution in [0.15, 0.2) is 53.4 Å². The van der Waals surface area contributed by atoms with Crippen LogP contribution < -0.4 is 10.0 Å². The van der Waals surface area contributed by atoms with Gasteiger partial charge in [-0.1, -0.05) is 26.0 Å². The number of methoxy groups -OCH3 is 1. The predicted molar refractivity (Wildman–Crippen MR) is 113 cm³/mol. The molecule has 1 amide bonds. The van der Waals surface area contributed by atoms with Crippen molar-refractivity contribution in [2.24, 2.45) is 5.92 Å². The summed E-state index contributed by atoms with van der Waals surface area (Å²) in [6.45, 7) is 2.46. The van der Waals surface area contributed by atoms with Gasteiger partial charge in [-0.25, -0.2) is 17.6 Å². The van der Waals surface area contributed by atoms with Gasteiger partial charge < -0.3 is 14.8 Å². The van der Waals surface area contributed by atoms with E-state index in [2.05, 4.69) is 14.8 Å². The Kier molecular flexibility index (Phi) is 8.44. The molecule has 2 aromatic rings. The molecule has 0 spiro atoms. The molecule has 32 heavy (non-hydrogen) atoms. The van der Waals surface area contributed by atoms with Crippen LogP contribution in [0.1, 0.15) is 24.2 Å². The Hall–Kier alpha value is -3.31. The van der Waals surface area contributed by atoms with E-state index in [1.165, 1.54) is 43.5 Å². The summed E-state index contributed by atoms with van der Waals surface area (Å²) in [7, 11) is -3.10. The van der Waals surface area contributed by atoms with Gasteiger partial charge in [-0.05, 0) is 42.3 Å². The second-order valence-electron chi connectivity index (χ2n) is 7.00. The maximum atomic E-state index is 13.9. The number of halogens is 1. The molecule has 0 aliphatic rings. The highest BCUT2D eigenvalue weighted by Gasteiger charge is 2.31. The fourth-order valence-electron chi connectivity index (χ4n) is 2.58. The van der Waals surface area contributed by atoms with E-state index >= 15 is 0 Å². The molecule has 0 fully saturated rings. The number of sulfonamides is 1. The topological polar surface area (TPSA) is 128 Å². The number of carbonyl (C=O) groups is 3. The first kappa shape index (κ1) is 25.0. The van der Waals surface area contributed by atoms with E-state index < -0.39 is 57.1 Å². The van der Waals surface area contributed by atoms with Gasteiger partial charge in [0.15, 0.2) is 6.61 Å². The van der Waals surface area contributed by atoms with Gasteiger partial charge in [-0.3, -0.25) is 9.59 Å². The minimum atomic E-state index is -4.34. The van der Waals surface area contributed by atoms with E-state index in [-0.39, 0.29) is 0 Å². The highest BCUT2D eigenvalue weighted by molar-refractivity contribution is 7.89. The van der Waals surface area contributed by atoms with E-state index in [0.717, 1.165) is 12.1 Å². The van der Waals surface area contributed by atoms with Crippen molar-refractivity contribution in [2.45, 2.75) is 24.8 Å². The van der Waals surface area contributed by atoms with Crippen LogP contribution in [-0.4, -0.2) is 46.0 Å². The minimum absolute atomic E-state index is 0.291. The lowest BCUT2D eigenvalue weighted by molar-refractivity contribution is -0.150. The molecule has 0 saturated carbocycles. The Balaban J connectivity index is 1.99. The quantitative estimate of drug-likeness (QED) is 0.542. The van der Waals surface area contributed by atoms with Gasteiger partial charge in [-0.15, -0.1) is 0 Å². The molecule has 1 atom stereocenters. The highest BCUT2D eigenvalue weighted by Crippen LogP contribution is 2.16. The molecule has 172 valence electrons. The molecule has 2 N–H and O–H groups in total. The van der Waals surface area contributed by atoms with Gasteiger partial charge in [-0.2, -0.15) is 4.72 Å². The van der Waals surface area contributed by atoms with Crippen molar-refractivity contribution in [1.29, 1.82) is 0 Å². The molecular weight excluding hydrogens is 443 g/mol. The van der Waals surface area contributed by atoms with Crippen LogP contribution in [-0.2, 0) is 29.1 Å². The van der Waals surface area contributed by atoms with Gasteiger partial charge in [0, 0.05) is 5.69 Å². The fraction of sp³-hybridized carbons (Fsp3) is 0.286. The van der Waals surface area contributed by atoms with Crippen molar-refractivity contribution in [3.63, 3.8) is 0 Å². The molecule has 0 saturated heterocycles. The highest BCUT2D eigenvalue weighted by atomic mass is 32.2. The Morgan fingerprint density at radius 1 is 1.03 bits per heavy atom. The predicted octanol–water partition coefficient (Wildman–Crippen LogP) is 2.10. The molecule has 0 radical (unpaired) electrons. The molecule has 0 bridgehead atoms. The van der Waals surface area contributed by atoms with Gasteiger partial charge in [0.25, 0.3) is 5.91 Å². The van der Waals surface area contributed by atoms with E-state index in [1.807, 2.05) is 0 Å². The lowest BCUT2D eigenvalue weighted by Gasteiger charge is -2.21. The van der Waals surface area contributed by atoms with Gasteiger partial charge >= 0.3 is 11.9 Å². The first-order chi connectivity index (χ1) is 15.0. The number of esters is 2. The van der Waals surface area contributed by atoms with Crippen LogP contribution in [0.25, 0.3) is 0 Å². The van der Waals surface area contributed by atoms with E-state index in [0.29, 0.717) is 11.3 Å². The average molecular weight is 466 g/mol. The number of hydrogen-bond acceptors (Lipinski definition) is 7. The van der Waals surface area contributed by atoms with Crippen LogP contribution >= 0.6 is 0 Å². The molecule has 0 aliphatic heterocycles. The van der Waals surface area contributed by atoms with Gasteiger partial charge in [0.1, 0.15) is 16.8 Å². The lowest BCUT2D eigenvalue weighted by Crippen LogP contribution is -2.46. The Bertz CT molecular complexity index is 1090. The summed E-state index contributed by atoms with van der Waals surface area (Å²) in [6.07, 6.45) is 0. The third-order valence-electron chi connectivity index (χ3n) is 4.26. The zero-order valence-electron chi connectivity index (χ0n) is 17.6. The number of amides is 1. The van der Waals surface area contributed by atoms with Crippen LogP contribution in [0.4, 0.5) is 10.1 Å². The summed E-state index contributed by atoms with van der Waals surface area (Å²) >= 11 is 0. The van der Waals surface area contributed by atoms with E-state index in [1.54, 1.807) is 13.8 Å². The second-order valence-corrected chi connectivity index (χ2v) is 8.68. The van der Waals surface area contributed by atoms with Crippen molar-refractivity contribution in [3.8, 4) is 0 Å². The first-order valence-electron chi connectivity index (χ1n) is 9.47. The zero-order valence-corrected chi connectivity index (χ0v) is 18.4. The van der Waals surface area contributed by atoms with Crippen LogP contribution in [0.5, 0.6) is 0 Å². The zero-order chi connectivity index (χ0) is 23.9. The molecule has 0 aromatic heterocycles. The summed E-state index contributed by atoms with van der Waals surface area (Å²) in [5.41, 5.74) is 0.637. The summed E-state index contributed by atoms with van der Waals surface area (Å²) in [4.78, 5) is 35.3. The number of anilines is 1. The van der Waals surface area contributed by atoms with Crippen molar-refractivity contribution < 1.29 is 36.7 Å². The molecule has 2 aromatic carbocycles. The molecule has 11 heteroatoms. The summed E-state index contributed by atoms with van der Waals surface area (Å²) in [6, 6.07) is 9.22. The lowest BCUT2D eigenvalue weighted by atomic mass is 10.1. The summed E-state index contributed by atoms with van der Waals surface area (Å²) in [5, 5.41) is 2.47. The van der Waals surface area contributed by atoms with Crippen LogP contribution in [0.3, 0.4) is 0 Å². The maximum absolute atomic E-state index is 13.9. The monoisotopic (exact) mass is 466 g/mol. The van der Waals surface area contributed by atoms with Gasteiger partial charge in [0.05, 0.1) is 12.7 Å². The minimum Gasteiger partial charge on any atom is -0.465 e. The summed E-state index contributed by atoms with van der Waals surface area (Å²) in [5.74, 6) is -3.71. The van der Waals surface area contributed by atoms with Crippen LogP contribution in [0, 0.1) is 11.7 Å².